The van der Waals surface area contributed by atoms with Crippen molar-refractivity contribution in [2.45, 2.75) is 37.4 Å². The molecule has 3 aromatic carbocycles. The van der Waals surface area contributed by atoms with Crippen LogP contribution in [0.3, 0.4) is 0 Å². The first-order valence-electron chi connectivity index (χ1n) is 12.2. The number of hydrogen-bond donors (Lipinski definition) is 1. The minimum atomic E-state index is -0.898. The molecule has 0 unspecified atom stereocenters. The maximum absolute atomic E-state index is 13.6. The van der Waals surface area contributed by atoms with Gasteiger partial charge in [-0.05, 0) is 56.0 Å². The first-order valence-corrected chi connectivity index (χ1v) is 13.2. The Hall–Kier alpha value is -3.58. The van der Waals surface area contributed by atoms with Crippen molar-refractivity contribution < 1.29 is 9.59 Å². The van der Waals surface area contributed by atoms with Crippen molar-refractivity contribution in [2.75, 3.05) is 17.6 Å². The highest BCUT2D eigenvalue weighted by atomic mass is 32.2. The molecule has 2 amide bonds. The lowest BCUT2D eigenvalue weighted by atomic mass is 9.96. The Morgan fingerprint density at radius 1 is 1.06 bits per heavy atom. The molecular weight excluding hydrogens is 468 g/mol. The zero-order valence-corrected chi connectivity index (χ0v) is 21.6. The van der Waals surface area contributed by atoms with E-state index in [9.17, 15) is 9.59 Å². The molecule has 7 heteroatoms. The summed E-state index contributed by atoms with van der Waals surface area (Å²) < 4.78 is 2.02. The van der Waals surface area contributed by atoms with Gasteiger partial charge in [0.1, 0.15) is 5.54 Å². The molecule has 6 nitrogen and oxygen atoms in total. The largest absolute Gasteiger partial charge is 0.328 e. The van der Waals surface area contributed by atoms with Gasteiger partial charge in [0.05, 0.1) is 16.8 Å². The number of carbonyl (C=O) groups is 2. The van der Waals surface area contributed by atoms with Crippen molar-refractivity contribution in [3.8, 4) is 11.1 Å². The van der Waals surface area contributed by atoms with E-state index in [4.69, 9.17) is 4.98 Å². The molecule has 1 aliphatic rings. The lowest BCUT2D eigenvalue weighted by Crippen LogP contribution is -2.53. The third-order valence-electron chi connectivity index (χ3n) is 7.01. The highest BCUT2D eigenvalue weighted by molar-refractivity contribution is 7.99. The highest BCUT2D eigenvalue weighted by Gasteiger charge is 2.45. The molecule has 1 N–H and O–H groups in total. The number of fused-ring (bicyclic) bond motifs is 1. The minimum absolute atomic E-state index is 0.0465. The number of imidazole rings is 1. The van der Waals surface area contributed by atoms with Crippen LogP contribution < -0.4 is 5.32 Å². The molecule has 2 heterocycles. The number of likely N-dealkylation sites (tertiary alicyclic amines) is 1. The first-order chi connectivity index (χ1) is 17.4. The number of aromatic nitrogens is 2. The third kappa shape index (κ3) is 4.51. The van der Waals surface area contributed by atoms with E-state index in [-0.39, 0.29) is 17.6 Å². The SMILES string of the molecule is Cc1ccc2c(c1)nc(SCC(=O)N1CCC[C@@]1(C)C(=O)Nc1ccccc1-c1ccccc1)n2C. The fourth-order valence-electron chi connectivity index (χ4n) is 4.94. The summed E-state index contributed by atoms with van der Waals surface area (Å²) in [4.78, 5) is 33.4. The van der Waals surface area contributed by atoms with Gasteiger partial charge in [-0.25, -0.2) is 4.98 Å². The molecule has 0 aliphatic carbocycles. The second kappa shape index (κ2) is 9.82. The molecule has 1 aromatic heterocycles. The molecule has 1 aliphatic heterocycles. The van der Waals surface area contributed by atoms with Gasteiger partial charge in [-0.2, -0.15) is 0 Å². The molecule has 0 radical (unpaired) electrons. The lowest BCUT2D eigenvalue weighted by molar-refractivity contribution is -0.139. The van der Waals surface area contributed by atoms with Crippen molar-refractivity contribution >= 4 is 40.3 Å². The minimum Gasteiger partial charge on any atom is -0.328 e. The van der Waals surface area contributed by atoms with Crippen LogP contribution >= 0.6 is 11.8 Å². The average Bonchev–Trinajstić information content (AvgIpc) is 3.43. The summed E-state index contributed by atoms with van der Waals surface area (Å²) in [7, 11) is 1.97. The van der Waals surface area contributed by atoms with Gasteiger partial charge in [0, 0.05) is 24.8 Å². The second-order valence-electron chi connectivity index (χ2n) is 9.52. The zero-order chi connectivity index (χ0) is 25.3. The van der Waals surface area contributed by atoms with Crippen LogP contribution in [0.1, 0.15) is 25.3 Å². The third-order valence-corrected chi connectivity index (χ3v) is 8.03. The molecular formula is C29H30N4O2S. The smallest absolute Gasteiger partial charge is 0.250 e. The standard InChI is InChI=1S/C29H30N4O2S/c1-20-14-15-25-24(18-20)31-28(32(25)3)36-19-26(34)33-17-9-16-29(33,2)27(35)30-23-13-8-7-12-22(23)21-10-5-4-6-11-21/h4-8,10-15,18H,9,16-17,19H2,1-3H3,(H,30,35)/t29-/m0/s1. The van der Waals surface area contributed by atoms with E-state index in [2.05, 4.69) is 23.5 Å². The molecule has 4 aromatic rings. The second-order valence-corrected chi connectivity index (χ2v) is 10.5. The van der Waals surface area contributed by atoms with E-state index in [1.807, 2.05) is 80.1 Å². The first kappa shape index (κ1) is 24.1. The Balaban J connectivity index is 1.31. The van der Waals surface area contributed by atoms with Crippen LogP contribution in [0.25, 0.3) is 22.2 Å². The van der Waals surface area contributed by atoms with Gasteiger partial charge in [0.25, 0.3) is 0 Å². The number of nitrogens with one attached hydrogen (secondary N) is 1. The van der Waals surface area contributed by atoms with Crippen molar-refractivity contribution in [1.82, 2.24) is 14.5 Å². The molecule has 5 rings (SSSR count). The number of rotatable bonds is 6. The van der Waals surface area contributed by atoms with Crippen LogP contribution in [0, 0.1) is 6.92 Å². The van der Waals surface area contributed by atoms with Gasteiger partial charge in [-0.1, -0.05) is 66.4 Å². The summed E-state index contributed by atoms with van der Waals surface area (Å²) in [6.07, 6.45) is 1.43. The fourth-order valence-corrected chi connectivity index (χ4v) is 5.80. The summed E-state index contributed by atoms with van der Waals surface area (Å²) in [6.45, 7) is 4.49. The monoisotopic (exact) mass is 498 g/mol. The maximum atomic E-state index is 13.6. The Bertz CT molecular complexity index is 1430. The van der Waals surface area contributed by atoms with Crippen LogP contribution in [-0.4, -0.2) is 44.1 Å². The van der Waals surface area contributed by atoms with E-state index >= 15 is 0 Å². The molecule has 0 spiro atoms. The highest BCUT2D eigenvalue weighted by Crippen LogP contribution is 2.34. The van der Waals surface area contributed by atoms with Gasteiger partial charge >= 0.3 is 0 Å². The van der Waals surface area contributed by atoms with Gasteiger partial charge in [0.2, 0.25) is 11.8 Å². The van der Waals surface area contributed by atoms with Crippen molar-refractivity contribution in [3.05, 3.63) is 78.4 Å². The number of benzene rings is 3. The van der Waals surface area contributed by atoms with E-state index in [0.29, 0.717) is 13.0 Å². The molecule has 184 valence electrons. The quantitative estimate of drug-likeness (QED) is 0.348. The topological polar surface area (TPSA) is 67.2 Å². The average molecular weight is 499 g/mol. The molecule has 1 saturated heterocycles. The van der Waals surface area contributed by atoms with Crippen LogP contribution in [0.4, 0.5) is 5.69 Å². The summed E-state index contributed by atoms with van der Waals surface area (Å²) in [5.74, 6) is 0.0363. The van der Waals surface area contributed by atoms with Gasteiger partial charge in [-0.15, -0.1) is 0 Å². The Kier molecular flexibility index (Phi) is 6.58. The summed E-state index contributed by atoms with van der Waals surface area (Å²) in [6, 6.07) is 23.9. The van der Waals surface area contributed by atoms with Crippen molar-refractivity contribution in [2.24, 2.45) is 7.05 Å². The Morgan fingerprint density at radius 2 is 1.81 bits per heavy atom. The number of nitrogens with zero attached hydrogens (tertiary/aromatic N) is 3. The summed E-state index contributed by atoms with van der Waals surface area (Å²) in [5.41, 5.74) is 4.96. The number of amides is 2. The Morgan fingerprint density at radius 3 is 2.61 bits per heavy atom. The maximum Gasteiger partial charge on any atom is 0.250 e. The van der Waals surface area contributed by atoms with E-state index in [0.717, 1.165) is 45.0 Å². The number of para-hydroxylation sites is 1. The molecule has 0 bridgehead atoms. The molecule has 36 heavy (non-hydrogen) atoms. The number of anilines is 1. The van der Waals surface area contributed by atoms with Crippen molar-refractivity contribution in [3.63, 3.8) is 0 Å². The van der Waals surface area contributed by atoms with Gasteiger partial charge in [-0.3, -0.25) is 9.59 Å². The number of hydrogen-bond acceptors (Lipinski definition) is 4. The number of carbonyl (C=O) groups excluding carboxylic acids is 2. The zero-order valence-electron chi connectivity index (χ0n) is 20.8. The fraction of sp³-hybridized carbons (Fsp3) is 0.276. The summed E-state index contributed by atoms with van der Waals surface area (Å²) in [5, 5.41) is 3.92. The van der Waals surface area contributed by atoms with Crippen LogP contribution in [-0.2, 0) is 16.6 Å². The van der Waals surface area contributed by atoms with E-state index in [1.54, 1.807) is 4.90 Å². The van der Waals surface area contributed by atoms with Crippen LogP contribution in [0.2, 0.25) is 0 Å². The predicted molar refractivity (Wildman–Crippen MR) is 146 cm³/mol. The Labute approximate surface area is 215 Å². The van der Waals surface area contributed by atoms with E-state index < -0.39 is 5.54 Å². The summed E-state index contributed by atoms with van der Waals surface area (Å²) >= 11 is 1.42. The number of thioether (sulfide) groups is 1. The normalized spacial score (nSPS) is 17.5. The molecule has 1 fully saturated rings. The molecule has 0 saturated carbocycles. The van der Waals surface area contributed by atoms with Crippen LogP contribution in [0.15, 0.2) is 78.0 Å². The van der Waals surface area contributed by atoms with Gasteiger partial charge in [0.15, 0.2) is 5.16 Å². The van der Waals surface area contributed by atoms with Gasteiger partial charge < -0.3 is 14.8 Å². The van der Waals surface area contributed by atoms with Crippen molar-refractivity contribution in [1.29, 1.82) is 0 Å². The lowest BCUT2D eigenvalue weighted by Gasteiger charge is -2.34. The molecule has 1 atom stereocenters. The van der Waals surface area contributed by atoms with E-state index in [1.165, 1.54) is 11.8 Å². The number of aryl methyl sites for hydroxylation is 2. The van der Waals surface area contributed by atoms with Crippen LogP contribution in [0.5, 0.6) is 0 Å². The predicted octanol–water partition coefficient (Wildman–Crippen LogP) is 5.66.